The quantitative estimate of drug-likeness (QED) is 0.331. The molecule has 1 rings (SSSR count). The number of hydroxylamine groups is 1. The first-order chi connectivity index (χ1) is 8.22. The van der Waals surface area contributed by atoms with E-state index in [9.17, 15) is 0 Å². The molecule has 1 heterocycles. The van der Waals surface area contributed by atoms with Crippen LogP contribution in [0.3, 0.4) is 0 Å². The highest BCUT2D eigenvalue weighted by molar-refractivity contribution is 5.59. The SMILES string of the molecule is CC(C)CCCOc1ccc(N=CNO)cn1. The number of aliphatic imine (C=N–C) groups is 1. The molecule has 0 unspecified atom stereocenters. The van der Waals surface area contributed by atoms with Gasteiger partial charge < -0.3 is 4.74 Å². The van der Waals surface area contributed by atoms with Gasteiger partial charge in [-0.25, -0.2) is 9.98 Å². The lowest BCUT2D eigenvalue weighted by Gasteiger charge is -2.06. The second-order valence-corrected chi connectivity index (χ2v) is 4.13. The fraction of sp³-hybridized carbons (Fsp3) is 0.500. The Labute approximate surface area is 102 Å². The molecule has 0 aliphatic carbocycles. The molecular weight excluding hydrogens is 218 g/mol. The van der Waals surface area contributed by atoms with Crippen molar-refractivity contribution in [2.24, 2.45) is 10.9 Å². The second kappa shape index (κ2) is 7.62. The van der Waals surface area contributed by atoms with Gasteiger partial charge in [0.15, 0.2) is 0 Å². The maximum atomic E-state index is 8.33. The van der Waals surface area contributed by atoms with Gasteiger partial charge in [0.05, 0.1) is 18.5 Å². The zero-order chi connectivity index (χ0) is 12.5. The summed E-state index contributed by atoms with van der Waals surface area (Å²) in [6.07, 6.45) is 4.96. The minimum absolute atomic E-state index is 0.602. The van der Waals surface area contributed by atoms with E-state index in [1.165, 1.54) is 6.34 Å². The lowest BCUT2D eigenvalue weighted by molar-refractivity contribution is 0.240. The van der Waals surface area contributed by atoms with E-state index in [1.807, 2.05) is 5.48 Å². The normalized spacial score (nSPS) is 11.1. The molecule has 0 aliphatic heterocycles. The van der Waals surface area contributed by atoms with Crippen molar-refractivity contribution >= 4 is 12.0 Å². The molecule has 17 heavy (non-hydrogen) atoms. The van der Waals surface area contributed by atoms with Crippen LogP contribution in [0.2, 0.25) is 0 Å². The fourth-order valence-electron chi connectivity index (χ4n) is 1.31. The number of nitrogens with zero attached hydrogens (tertiary/aromatic N) is 2. The van der Waals surface area contributed by atoms with Crippen molar-refractivity contribution in [3.05, 3.63) is 18.3 Å². The molecule has 0 radical (unpaired) electrons. The average Bonchev–Trinajstić information content (AvgIpc) is 2.33. The number of hydrogen-bond acceptors (Lipinski definition) is 4. The van der Waals surface area contributed by atoms with Crippen molar-refractivity contribution in [1.29, 1.82) is 0 Å². The maximum Gasteiger partial charge on any atom is 0.213 e. The minimum Gasteiger partial charge on any atom is -0.478 e. The Morgan fingerprint density at radius 1 is 1.53 bits per heavy atom. The Kier molecular flexibility index (Phi) is 6.03. The Hall–Kier alpha value is -1.62. The van der Waals surface area contributed by atoms with E-state index >= 15 is 0 Å². The van der Waals surface area contributed by atoms with E-state index in [2.05, 4.69) is 23.8 Å². The van der Waals surface area contributed by atoms with Crippen molar-refractivity contribution in [2.75, 3.05) is 6.61 Å². The highest BCUT2D eigenvalue weighted by Gasteiger charge is 1.97. The molecule has 0 amide bonds. The second-order valence-electron chi connectivity index (χ2n) is 4.13. The third-order valence-electron chi connectivity index (χ3n) is 2.17. The minimum atomic E-state index is 0.602. The lowest BCUT2D eigenvalue weighted by atomic mass is 10.1. The van der Waals surface area contributed by atoms with Crippen molar-refractivity contribution in [1.82, 2.24) is 10.5 Å². The molecule has 5 heteroatoms. The molecule has 0 bridgehead atoms. The van der Waals surface area contributed by atoms with Crippen LogP contribution in [0.5, 0.6) is 5.88 Å². The van der Waals surface area contributed by atoms with E-state index in [0.29, 0.717) is 24.1 Å². The van der Waals surface area contributed by atoms with E-state index in [0.717, 1.165) is 12.8 Å². The van der Waals surface area contributed by atoms with Crippen molar-refractivity contribution in [3.8, 4) is 5.88 Å². The van der Waals surface area contributed by atoms with Gasteiger partial charge in [0.1, 0.15) is 6.34 Å². The molecule has 0 fully saturated rings. The Balaban J connectivity index is 2.32. The number of hydrogen-bond donors (Lipinski definition) is 2. The molecule has 0 aliphatic rings. The highest BCUT2D eigenvalue weighted by Crippen LogP contribution is 2.14. The summed E-state index contributed by atoms with van der Waals surface area (Å²) in [5, 5.41) is 8.33. The van der Waals surface area contributed by atoms with E-state index in [4.69, 9.17) is 9.94 Å². The smallest absolute Gasteiger partial charge is 0.213 e. The predicted molar refractivity (Wildman–Crippen MR) is 66.9 cm³/mol. The van der Waals surface area contributed by atoms with E-state index < -0.39 is 0 Å². The molecule has 0 aromatic carbocycles. The topological polar surface area (TPSA) is 66.7 Å². The maximum absolute atomic E-state index is 8.33. The van der Waals surface area contributed by atoms with Crippen LogP contribution in [-0.2, 0) is 0 Å². The number of rotatable bonds is 7. The molecule has 0 atom stereocenters. The first kappa shape index (κ1) is 13.4. The number of aromatic nitrogens is 1. The molecule has 94 valence electrons. The molecule has 0 spiro atoms. The van der Waals surface area contributed by atoms with Crippen molar-refractivity contribution < 1.29 is 9.94 Å². The van der Waals surface area contributed by atoms with Crippen molar-refractivity contribution in [2.45, 2.75) is 26.7 Å². The van der Waals surface area contributed by atoms with Crippen LogP contribution in [0.4, 0.5) is 5.69 Å². The molecular formula is C12H19N3O2. The number of nitrogens with one attached hydrogen (secondary N) is 1. The molecule has 1 aromatic rings. The van der Waals surface area contributed by atoms with Crippen LogP contribution in [0.25, 0.3) is 0 Å². The largest absolute Gasteiger partial charge is 0.478 e. The lowest BCUT2D eigenvalue weighted by Crippen LogP contribution is -2.01. The summed E-state index contributed by atoms with van der Waals surface area (Å²) in [6.45, 7) is 5.08. The first-order valence-corrected chi connectivity index (χ1v) is 5.73. The van der Waals surface area contributed by atoms with Gasteiger partial charge in [0.25, 0.3) is 0 Å². The fourth-order valence-corrected chi connectivity index (χ4v) is 1.31. The predicted octanol–water partition coefficient (Wildman–Crippen LogP) is 2.54. The summed E-state index contributed by atoms with van der Waals surface area (Å²) < 4.78 is 5.49. The summed E-state index contributed by atoms with van der Waals surface area (Å²) in [6, 6.07) is 3.54. The monoisotopic (exact) mass is 237 g/mol. The van der Waals surface area contributed by atoms with E-state index in [1.54, 1.807) is 18.3 Å². The van der Waals surface area contributed by atoms with Gasteiger partial charge in [-0.2, -0.15) is 0 Å². The van der Waals surface area contributed by atoms with Gasteiger partial charge in [0.2, 0.25) is 5.88 Å². The Bertz CT molecular complexity index is 336. The van der Waals surface area contributed by atoms with Crippen LogP contribution >= 0.6 is 0 Å². The van der Waals surface area contributed by atoms with Gasteiger partial charge >= 0.3 is 0 Å². The molecule has 5 nitrogen and oxygen atoms in total. The van der Waals surface area contributed by atoms with Gasteiger partial charge in [-0.15, -0.1) is 0 Å². The zero-order valence-corrected chi connectivity index (χ0v) is 10.3. The Morgan fingerprint density at radius 2 is 2.35 bits per heavy atom. The third kappa shape index (κ3) is 5.87. The number of ether oxygens (including phenoxy) is 1. The molecule has 1 aromatic heterocycles. The summed E-state index contributed by atoms with van der Waals surface area (Å²) in [5.74, 6) is 1.30. The van der Waals surface area contributed by atoms with Crippen LogP contribution in [0, 0.1) is 5.92 Å². The van der Waals surface area contributed by atoms with Gasteiger partial charge in [0, 0.05) is 6.07 Å². The standard InChI is InChI=1S/C12H19N3O2/c1-10(2)4-3-7-17-12-6-5-11(8-13-12)14-9-15-16/h5-6,8-10,16H,3-4,7H2,1-2H3,(H,14,15). The third-order valence-corrected chi connectivity index (χ3v) is 2.17. The summed E-state index contributed by atoms with van der Waals surface area (Å²) in [7, 11) is 0. The summed E-state index contributed by atoms with van der Waals surface area (Å²) >= 11 is 0. The molecule has 0 saturated heterocycles. The highest BCUT2D eigenvalue weighted by atomic mass is 16.5. The van der Waals surface area contributed by atoms with E-state index in [-0.39, 0.29) is 0 Å². The van der Waals surface area contributed by atoms with Crippen LogP contribution in [0.15, 0.2) is 23.3 Å². The summed E-state index contributed by atoms with van der Waals surface area (Å²) in [5.41, 5.74) is 2.49. The summed E-state index contributed by atoms with van der Waals surface area (Å²) in [4.78, 5) is 7.98. The number of pyridine rings is 1. The molecule has 0 saturated carbocycles. The Morgan fingerprint density at radius 3 is 2.94 bits per heavy atom. The van der Waals surface area contributed by atoms with Gasteiger partial charge in [-0.05, 0) is 24.8 Å². The molecule has 2 N–H and O–H groups in total. The first-order valence-electron chi connectivity index (χ1n) is 5.73. The van der Waals surface area contributed by atoms with Gasteiger partial charge in [-0.1, -0.05) is 13.8 Å². The van der Waals surface area contributed by atoms with Crippen molar-refractivity contribution in [3.63, 3.8) is 0 Å². The zero-order valence-electron chi connectivity index (χ0n) is 10.3. The average molecular weight is 237 g/mol. The van der Waals surface area contributed by atoms with Crippen LogP contribution in [-0.4, -0.2) is 23.1 Å². The van der Waals surface area contributed by atoms with Gasteiger partial charge in [-0.3, -0.25) is 10.7 Å². The van der Waals surface area contributed by atoms with Crippen LogP contribution < -0.4 is 10.2 Å². The van der Waals surface area contributed by atoms with Crippen LogP contribution in [0.1, 0.15) is 26.7 Å².